The van der Waals surface area contributed by atoms with E-state index >= 15 is 0 Å². The second kappa shape index (κ2) is 7.90. The van der Waals surface area contributed by atoms with Gasteiger partial charge in [-0.2, -0.15) is 0 Å². The molecule has 0 saturated heterocycles. The molecule has 2 aromatic heterocycles. The van der Waals surface area contributed by atoms with E-state index in [0.717, 1.165) is 11.3 Å². The number of benzene rings is 2. The second-order valence-electron chi connectivity index (χ2n) is 6.10. The van der Waals surface area contributed by atoms with Gasteiger partial charge in [-0.1, -0.05) is 23.7 Å². The second-order valence-corrected chi connectivity index (χ2v) is 9.73. The van der Waals surface area contributed by atoms with Crippen LogP contribution in [0.25, 0.3) is 16.6 Å². The molecule has 8 nitrogen and oxygen atoms in total. The van der Waals surface area contributed by atoms with Gasteiger partial charge in [-0.05, 0) is 48.5 Å². The fraction of sp³-hybridized carbons (Fsp3) is 0. The number of hydrogen-bond donors (Lipinski definition) is 2. The maximum Gasteiger partial charge on any atom is 0.333 e. The molecule has 0 aliphatic heterocycles. The lowest BCUT2D eigenvalue weighted by molar-refractivity contribution is 0.256. The topological polar surface area (TPSA) is 110 Å². The van der Waals surface area contributed by atoms with Crippen molar-refractivity contribution in [3.63, 3.8) is 0 Å². The molecule has 152 valence electrons. The normalized spacial score (nSPS) is 11.4. The van der Waals surface area contributed by atoms with Gasteiger partial charge in [-0.25, -0.2) is 22.9 Å². The molecule has 0 bridgehead atoms. The fourth-order valence-electron chi connectivity index (χ4n) is 2.73. The first-order valence-electron chi connectivity index (χ1n) is 8.49. The van der Waals surface area contributed by atoms with Crippen molar-refractivity contribution in [2.24, 2.45) is 0 Å². The molecule has 0 radical (unpaired) electrons. The van der Waals surface area contributed by atoms with Crippen LogP contribution in [0.2, 0.25) is 4.34 Å². The van der Waals surface area contributed by atoms with E-state index in [-0.39, 0.29) is 9.77 Å². The Morgan fingerprint density at radius 2 is 1.77 bits per heavy atom. The first-order chi connectivity index (χ1) is 14.3. The van der Waals surface area contributed by atoms with Crippen LogP contribution in [0.3, 0.4) is 0 Å². The van der Waals surface area contributed by atoms with Crippen molar-refractivity contribution in [2.75, 3.05) is 5.32 Å². The summed E-state index contributed by atoms with van der Waals surface area (Å²) < 4.78 is 27.9. The molecule has 2 amide bonds. The van der Waals surface area contributed by atoms with Gasteiger partial charge < -0.3 is 5.32 Å². The van der Waals surface area contributed by atoms with Crippen molar-refractivity contribution in [3.8, 4) is 5.69 Å². The minimum atomic E-state index is -4.02. The molecule has 2 aromatic carbocycles. The van der Waals surface area contributed by atoms with Gasteiger partial charge >= 0.3 is 6.03 Å². The molecule has 0 unspecified atom stereocenters. The van der Waals surface area contributed by atoms with E-state index in [1.807, 2.05) is 4.72 Å². The number of carbonyl (C=O) groups excluding carboxylic acids is 1. The van der Waals surface area contributed by atoms with Gasteiger partial charge in [0.15, 0.2) is 0 Å². The van der Waals surface area contributed by atoms with Crippen LogP contribution >= 0.6 is 22.9 Å². The van der Waals surface area contributed by atoms with E-state index in [0.29, 0.717) is 26.6 Å². The summed E-state index contributed by atoms with van der Waals surface area (Å²) >= 11 is 6.58. The van der Waals surface area contributed by atoms with E-state index in [1.165, 1.54) is 23.0 Å². The fourth-order valence-corrected chi connectivity index (χ4v) is 5.12. The zero-order valence-electron chi connectivity index (χ0n) is 15.1. The van der Waals surface area contributed by atoms with Crippen molar-refractivity contribution in [2.45, 2.75) is 4.21 Å². The summed E-state index contributed by atoms with van der Waals surface area (Å²) in [6.45, 7) is 0. The SMILES string of the molecule is O=C(Nc1ccc(-n2cnc3ccccc3c2=O)cc1)NS(=O)(=O)c1ccc(Cl)s1. The van der Waals surface area contributed by atoms with E-state index in [2.05, 4.69) is 10.3 Å². The highest BCUT2D eigenvalue weighted by atomic mass is 35.5. The summed E-state index contributed by atoms with van der Waals surface area (Å²) in [6, 6.07) is 15.2. The number of hydrogen-bond acceptors (Lipinski definition) is 6. The number of nitrogens with one attached hydrogen (secondary N) is 2. The van der Waals surface area contributed by atoms with Crippen molar-refractivity contribution in [1.29, 1.82) is 0 Å². The molecule has 30 heavy (non-hydrogen) atoms. The van der Waals surface area contributed by atoms with Crippen molar-refractivity contribution >= 4 is 55.6 Å². The Balaban J connectivity index is 1.51. The van der Waals surface area contributed by atoms with Crippen LogP contribution in [-0.4, -0.2) is 24.0 Å². The number of sulfonamides is 1. The maximum atomic E-state index is 12.7. The van der Waals surface area contributed by atoms with Gasteiger partial charge in [0.1, 0.15) is 10.5 Å². The molecule has 2 N–H and O–H groups in total. The smallest absolute Gasteiger partial charge is 0.307 e. The number of halogens is 1. The number of amides is 2. The van der Waals surface area contributed by atoms with Crippen LogP contribution in [0.15, 0.2) is 76.0 Å². The van der Waals surface area contributed by atoms with Crippen molar-refractivity contribution in [3.05, 3.63) is 81.7 Å². The zero-order valence-corrected chi connectivity index (χ0v) is 17.5. The molecular formula is C19H13ClN4O4S2. The summed E-state index contributed by atoms with van der Waals surface area (Å²) in [5.41, 5.74) is 1.27. The molecule has 0 atom stereocenters. The summed E-state index contributed by atoms with van der Waals surface area (Å²) in [4.78, 5) is 29.0. The average Bonchev–Trinajstić information content (AvgIpc) is 3.16. The number of fused-ring (bicyclic) bond motifs is 1. The van der Waals surface area contributed by atoms with Crippen molar-refractivity contribution < 1.29 is 13.2 Å². The minimum Gasteiger partial charge on any atom is -0.307 e. The lowest BCUT2D eigenvalue weighted by Crippen LogP contribution is -2.33. The van der Waals surface area contributed by atoms with Crippen molar-refractivity contribution in [1.82, 2.24) is 14.3 Å². The summed E-state index contributed by atoms with van der Waals surface area (Å²) in [7, 11) is -4.02. The number of para-hydroxylation sites is 1. The van der Waals surface area contributed by atoms with E-state index in [9.17, 15) is 18.0 Å². The van der Waals surface area contributed by atoms with Gasteiger partial charge in [0.2, 0.25) is 0 Å². The number of urea groups is 1. The van der Waals surface area contributed by atoms with Crippen LogP contribution in [0.5, 0.6) is 0 Å². The Bertz CT molecular complexity index is 1410. The molecule has 2 heterocycles. The third kappa shape index (κ3) is 4.06. The number of nitrogens with zero attached hydrogens (tertiary/aromatic N) is 2. The van der Waals surface area contributed by atoms with Gasteiger partial charge in [0.25, 0.3) is 15.6 Å². The van der Waals surface area contributed by atoms with E-state index in [4.69, 9.17) is 11.6 Å². The van der Waals surface area contributed by atoms with Crippen LogP contribution < -0.4 is 15.6 Å². The first kappa shape index (κ1) is 20.1. The van der Waals surface area contributed by atoms with Crippen LogP contribution in [0.4, 0.5) is 10.5 Å². The summed E-state index contributed by atoms with van der Waals surface area (Å²) in [5.74, 6) is 0. The molecule has 0 saturated carbocycles. The minimum absolute atomic E-state index is 0.0684. The number of carbonyl (C=O) groups is 1. The highest BCUT2D eigenvalue weighted by molar-refractivity contribution is 7.92. The number of thiophene rings is 1. The molecule has 0 aliphatic carbocycles. The Morgan fingerprint density at radius 1 is 1.03 bits per heavy atom. The summed E-state index contributed by atoms with van der Waals surface area (Å²) in [5, 5.41) is 2.92. The Morgan fingerprint density at radius 3 is 2.47 bits per heavy atom. The molecule has 0 fully saturated rings. The van der Waals surface area contributed by atoms with Crippen LogP contribution in [0.1, 0.15) is 0 Å². The van der Waals surface area contributed by atoms with E-state index < -0.39 is 16.1 Å². The van der Waals surface area contributed by atoms with Crippen LogP contribution in [0, 0.1) is 0 Å². The quantitative estimate of drug-likeness (QED) is 0.483. The van der Waals surface area contributed by atoms with Gasteiger partial charge in [0, 0.05) is 5.69 Å². The number of aromatic nitrogens is 2. The predicted molar refractivity (Wildman–Crippen MR) is 116 cm³/mol. The summed E-state index contributed by atoms with van der Waals surface area (Å²) in [6.07, 6.45) is 1.43. The molecule has 4 aromatic rings. The average molecular weight is 461 g/mol. The Kier molecular flexibility index (Phi) is 5.29. The predicted octanol–water partition coefficient (Wildman–Crippen LogP) is 3.61. The monoisotopic (exact) mass is 460 g/mol. The number of rotatable bonds is 4. The van der Waals surface area contributed by atoms with Gasteiger partial charge in [-0.3, -0.25) is 9.36 Å². The third-order valence-corrected chi connectivity index (χ3v) is 7.16. The third-order valence-electron chi connectivity index (χ3n) is 4.11. The maximum absolute atomic E-state index is 12.7. The Labute approximate surface area is 179 Å². The highest BCUT2D eigenvalue weighted by Gasteiger charge is 2.19. The molecule has 4 rings (SSSR count). The Hall–Kier alpha value is -3.21. The van der Waals surface area contributed by atoms with Gasteiger partial charge in [0.05, 0.1) is 20.9 Å². The molecule has 0 aliphatic rings. The lowest BCUT2D eigenvalue weighted by Gasteiger charge is -2.10. The van der Waals surface area contributed by atoms with Crippen LogP contribution in [-0.2, 0) is 10.0 Å². The largest absolute Gasteiger partial charge is 0.333 e. The molecular weight excluding hydrogens is 448 g/mol. The van der Waals surface area contributed by atoms with E-state index in [1.54, 1.807) is 48.5 Å². The zero-order chi connectivity index (χ0) is 21.3. The number of anilines is 1. The highest BCUT2D eigenvalue weighted by Crippen LogP contribution is 2.25. The standard InChI is InChI=1S/C19H13ClN4O4S2/c20-16-9-10-17(29-16)30(27,28)23-19(26)22-12-5-7-13(8-6-12)24-11-21-15-4-2-1-3-14(15)18(24)25/h1-11H,(H2,22,23,26). The molecule has 11 heteroatoms. The molecule has 0 spiro atoms. The lowest BCUT2D eigenvalue weighted by atomic mass is 10.2. The first-order valence-corrected chi connectivity index (χ1v) is 11.2. The van der Waals surface area contributed by atoms with Gasteiger partial charge in [-0.15, -0.1) is 11.3 Å².